The van der Waals surface area contributed by atoms with Crippen molar-refractivity contribution in [3.8, 4) is 0 Å². The van der Waals surface area contributed by atoms with E-state index in [9.17, 15) is 5.11 Å². The minimum Gasteiger partial charge on any atom is -0.388 e. The van der Waals surface area contributed by atoms with Crippen LogP contribution in [0.25, 0.3) is 0 Å². The van der Waals surface area contributed by atoms with Crippen molar-refractivity contribution < 1.29 is 5.11 Å². The topological polar surface area (TPSA) is 33.1 Å². The Labute approximate surface area is 122 Å². The van der Waals surface area contributed by atoms with Crippen LogP contribution in [0.3, 0.4) is 0 Å². The van der Waals surface area contributed by atoms with Crippen LogP contribution in [-0.4, -0.2) is 10.1 Å². The van der Waals surface area contributed by atoms with Crippen molar-refractivity contribution in [2.24, 2.45) is 0 Å². The van der Waals surface area contributed by atoms with E-state index in [4.69, 9.17) is 0 Å². The summed E-state index contributed by atoms with van der Waals surface area (Å²) in [5.74, 6) is 0. The average Bonchev–Trinajstić information content (AvgIpc) is 2.33. The van der Waals surface area contributed by atoms with Crippen LogP contribution >= 0.6 is 38.5 Å². The van der Waals surface area contributed by atoms with E-state index in [1.54, 1.807) is 12.4 Å². The second-order valence-electron chi connectivity index (χ2n) is 3.75. The number of aliphatic hydroxyl groups excluding tert-OH is 1. The maximum absolute atomic E-state index is 10.2. The fraction of sp³-hybridized carbons (Fsp3) is 0.154. The predicted octanol–water partition coefficient (Wildman–Crippen LogP) is 3.72. The molecule has 1 heterocycles. The fourth-order valence-electron chi connectivity index (χ4n) is 1.62. The van der Waals surface area contributed by atoms with E-state index in [-0.39, 0.29) is 0 Å². The Bertz CT molecular complexity index is 504. The van der Waals surface area contributed by atoms with Crippen molar-refractivity contribution in [2.45, 2.75) is 12.5 Å². The number of halogens is 2. The number of aromatic nitrogens is 1. The highest BCUT2D eigenvalue weighted by Gasteiger charge is 2.12. The van der Waals surface area contributed by atoms with E-state index < -0.39 is 6.10 Å². The molecule has 1 unspecified atom stereocenters. The molecule has 88 valence electrons. The molecule has 1 N–H and O–H groups in total. The quantitative estimate of drug-likeness (QED) is 0.792. The van der Waals surface area contributed by atoms with Crippen molar-refractivity contribution >= 4 is 38.5 Å². The molecule has 1 aromatic heterocycles. The minimum absolute atomic E-state index is 0.497. The van der Waals surface area contributed by atoms with E-state index in [1.165, 1.54) is 0 Å². The molecule has 0 aliphatic carbocycles. The molecule has 1 aromatic carbocycles. The Morgan fingerprint density at radius 1 is 1.35 bits per heavy atom. The van der Waals surface area contributed by atoms with Gasteiger partial charge in [0, 0.05) is 26.9 Å². The summed E-state index contributed by atoms with van der Waals surface area (Å²) in [5, 5.41) is 10.2. The van der Waals surface area contributed by atoms with E-state index >= 15 is 0 Å². The average molecular weight is 404 g/mol. The van der Waals surface area contributed by atoms with Gasteiger partial charge in [0.05, 0.1) is 6.10 Å². The summed E-state index contributed by atoms with van der Waals surface area (Å²) >= 11 is 5.66. The van der Waals surface area contributed by atoms with Crippen LogP contribution in [-0.2, 0) is 6.42 Å². The van der Waals surface area contributed by atoms with Gasteiger partial charge in [-0.25, -0.2) is 0 Å². The van der Waals surface area contributed by atoms with Crippen LogP contribution in [0.4, 0.5) is 0 Å². The summed E-state index contributed by atoms with van der Waals surface area (Å²) in [6, 6.07) is 9.78. The molecule has 0 saturated heterocycles. The zero-order chi connectivity index (χ0) is 12.3. The van der Waals surface area contributed by atoms with E-state index in [2.05, 4.69) is 43.5 Å². The van der Waals surface area contributed by atoms with Crippen LogP contribution in [0.2, 0.25) is 0 Å². The third-order valence-electron chi connectivity index (χ3n) is 2.47. The van der Waals surface area contributed by atoms with Gasteiger partial charge < -0.3 is 5.11 Å². The lowest BCUT2D eigenvalue weighted by Crippen LogP contribution is -2.04. The Hall–Kier alpha value is -0.460. The number of hydrogen-bond acceptors (Lipinski definition) is 2. The number of rotatable bonds is 3. The molecule has 2 rings (SSSR count). The summed E-state index contributed by atoms with van der Waals surface area (Å²) in [6.07, 6.45) is 3.61. The van der Waals surface area contributed by atoms with Crippen LogP contribution in [0, 0.1) is 3.57 Å². The molecule has 0 spiro atoms. The van der Waals surface area contributed by atoms with Gasteiger partial charge in [-0.3, -0.25) is 4.98 Å². The highest BCUT2D eigenvalue weighted by molar-refractivity contribution is 14.1. The Kier molecular flexibility index (Phi) is 4.53. The first-order valence-electron chi connectivity index (χ1n) is 5.19. The molecule has 1 atom stereocenters. The van der Waals surface area contributed by atoms with Gasteiger partial charge in [0.2, 0.25) is 0 Å². The van der Waals surface area contributed by atoms with Gasteiger partial charge in [0.25, 0.3) is 0 Å². The summed E-state index contributed by atoms with van der Waals surface area (Å²) in [7, 11) is 0. The van der Waals surface area contributed by atoms with Crippen molar-refractivity contribution in [2.75, 3.05) is 0 Å². The molecule has 0 saturated carbocycles. The maximum atomic E-state index is 10.2. The summed E-state index contributed by atoms with van der Waals surface area (Å²) in [5.41, 5.74) is 1.99. The molecule has 4 heteroatoms. The van der Waals surface area contributed by atoms with Crippen molar-refractivity contribution in [1.82, 2.24) is 4.98 Å². The molecular formula is C13H11BrINO. The third kappa shape index (κ3) is 3.50. The smallest absolute Gasteiger partial charge is 0.0841 e. The number of pyridine rings is 1. The summed E-state index contributed by atoms with van der Waals surface area (Å²) in [6.45, 7) is 0. The number of nitrogens with zero attached hydrogens (tertiary/aromatic N) is 1. The van der Waals surface area contributed by atoms with Crippen molar-refractivity contribution in [3.63, 3.8) is 0 Å². The Morgan fingerprint density at radius 3 is 2.88 bits per heavy atom. The lowest BCUT2D eigenvalue weighted by molar-refractivity contribution is 0.177. The lowest BCUT2D eigenvalue weighted by atomic mass is 10.0. The molecular weight excluding hydrogens is 393 g/mol. The zero-order valence-corrected chi connectivity index (χ0v) is 12.7. The van der Waals surface area contributed by atoms with Gasteiger partial charge in [-0.05, 0) is 58.0 Å². The standard InChI is InChI=1S/C13H11BrINO/c14-10-3-4-12(15)11(7-10)13(17)6-9-2-1-5-16-8-9/h1-5,7-8,13,17H,6H2. The fourth-order valence-corrected chi connectivity index (χ4v) is 2.70. The first-order chi connectivity index (χ1) is 8.16. The summed E-state index contributed by atoms with van der Waals surface area (Å²) in [4.78, 5) is 4.05. The van der Waals surface area contributed by atoms with E-state index in [1.807, 2.05) is 30.3 Å². The van der Waals surface area contributed by atoms with Crippen LogP contribution in [0.1, 0.15) is 17.2 Å². The Balaban J connectivity index is 2.20. The monoisotopic (exact) mass is 403 g/mol. The molecule has 0 radical (unpaired) electrons. The number of benzene rings is 1. The van der Waals surface area contributed by atoms with Crippen molar-refractivity contribution in [1.29, 1.82) is 0 Å². The first kappa shape index (κ1) is 13.0. The maximum Gasteiger partial charge on any atom is 0.0841 e. The van der Waals surface area contributed by atoms with Gasteiger partial charge in [-0.15, -0.1) is 0 Å². The normalized spacial score (nSPS) is 12.4. The largest absolute Gasteiger partial charge is 0.388 e. The first-order valence-corrected chi connectivity index (χ1v) is 7.06. The minimum atomic E-state index is -0.497. The van der Waals surface area contributed by atoms with Crippen LogP contribution in [0.5, 0.6) is 0 Å². The van der Waals surface area contributed by atoms with Gasteiger partial charge in [0.1, 0.15) is 0 Å². The molecule has 0 amide bonds. The SMILES string of the molecule is OC(Cc1cccnc1)c1cc(Br)ccc1I. The molecule has 17 heavy (non-hydrogen) atoms. The second-order valence-corrected chi connectivity index (χ2v) is 5.82. The molecule has 0 fully saturated rings. The second kappa shape index (κ2) is 5.93. The zero-order valence-electron chi connectivity index (χ0n) is 8.98. The van der Waals surface area contributed by atoms with Crippen molar-refractivity contribution in [3.05, 3.63) is 61.9 Å². The van der Waals surface area contributed by atoms with E-state index in [0.717, 1.165) is 19.2 Å². The lowest BCUT2D eigenvalue weighted by Gasteiger charge is -2.13. The predicted molar refractivity (Wildman–Crippen MR) is 79.8 cm³/mol. The van der Waals surface area contributed by atoms with Gasteiger partial charge in [-0.1, -0.05) is 22.0 Å². The van der Waals surface area contributed by atoms with Crippen LogP contribution in [0.15, 0.2) is 47.2 Å². The molecule has 2 nitrogen and oxygen atoms in total. The summed E-state index contributed by atoms with van der Waals surface area (Å²) < 4.78 is 2.06. The molecule has 0 bridgehead atoms. The molecule has 2 aromatic rings. The molecule has 0 aliphatic rings. The van der Waals surface area contributed by atoms with Gasteiger partial charge in [0.15, 0.2) is 0 Å². The van der Waals surface area contributed by atoms with Gasteiger partial charge >= 0.3 is 0 Å². The number of hydrogen-bond donors (Lipinski definition) is 1. The highest BCUT2D eigenvalue weighted by atomic mass is 127. The third-order valence-corrected chi connectivity index (χ3v) is 3.94. The Morgan fingerprint density at radius 2 is 2.18 bits per heavy atom. The van der Waals surface area contributed by atoms with E-state index in [0.29, 0.717) is 6.42 Å². The van der Waals surface area contributed by atoms with Gasteiger partial charge in [-0.2, -0.15) is 0 Å². The number of aliphatic hydroxyl groups is 1. The molecule has 0 aliphatic heterocycles. The van der Waals surface area contributed by atoms with Crippen LogP contribution < -0.4 is 0 Å². The highest BCUT2D eigenvalue weighted by Crippen LogP contribution is 2.26.